The summed E-state index contributed by atoms with van der Waals surface area (Å²) in [7, 11) is 2.88. The normalized spacial score (nSPS) is 12.4. The summed E-state index contributed by atoms with van der Waals surface area (Å²) in [6, 6.07) is 14.1. The van der Waals surface area contributed by atoms with Gasteiger partial charge in [0.15, 0.2) is 17.3 Å². The van der Waals surface area contributed by atoms with Gasteiger partial charge in [-0.3, -0.25) is 15.2 Å². The summed E-state index contributed by atoms with van der Waals surface area (Å²) in [5, 5.41) is 26.1. The number of hydrogen-bond acceptors (Lipinski definition) is 8. The maximum Gasteiger partial charge on any atom is 0.348 e. The van der Waals surface area contributed by atoms with Crippen LogP contribution in [0.2, 0.25) is 0 Å². The number of rotatable bonds is 7. The lowest BCUT2D eigenvalue weighted by Gasteiger charge is -2.21. The van der Waals surface area contributed by atoms with E-state index in [1.807, 2.05) is 12.1 Å². The van der Waals surface area contributed by atoms with E-state index < -0.39 is 23.5 Å². The third-order valence-electron chi connectivity index (χ3n) is 6.03. The van der Waals surface area contributed by atoms with E-state index in [1.54, 1.807) is 30.3 Å². The van der Waals surface area contributed by atoms with Gasteiger partial charge in [0.25, 0.3) is 5.97 Å². The number of fused-ring (bicyclic) bond motifs is 1. The van der Waals surface area contributed by atoms with Gasteiger partial charge in [0.2, 0.25) is 0 Å². The molecule has 13 heteroatoms. The first-order valence-electron chi connectivity index (χ1n) is 12.0. The molecule has 0 fully saturated rings. The number of hydrogen-bond donors (Lipinski definition) is 6. The van der Waals surface area contributed by atoms with E-state index in [9.17, 15) is 4.79 Å². The Hall–Kier alpha value is -5.33. The number of methoxy groups -OCH3 is 2. The fourth-order valence-corrected chi connectivity index (χ4v) is 4.22. The molecule has 0 amide bonds. The van der Waals surface area contributed by atoms with Crippen molar-refractivity contribution in [2.45, 2.75) is 19.5 Å². The largest absolute Gasteiger partial charge is 0.493 e. The standard InChI is InChI=1S/C25H24FN7O3.C2H4O2/c1-35-20-10-16(17(26)11-21(20)36-2)22(30-14-7-8-15-13(9-14)12-29-23(15)28)24-31-25(34)33(32-24)19-6-4-3-5-18(19)27;1-2(3)4/h3-11,22,30H,12,27H2,1-2H3,(H2,28,29)(H,31,32,34);1H3,(H,3,4)/t22-;/m0./s1. The number of aromatic amines is 1. The molecule has 0 saturated heterocycles. The number of benzene rings is 3. The number of carboxylic acids is 1. The predicted molar refractivity (Wildman–Crippen MR) is 147 cm³/mol. The summed E-state index contributed by atoms with van der Waals surface area (Å²) in [6.07, 6.45) is 0. The van der Waals surface area contributed by atoms with Gasteiger partial charge in [-0.2, -0.15) is 4.68 Å². The fraction of sp³-hybridized carbons (Fsp3) is 0.185. The van der Waals surface area contributed by atoms with Crippen molar-refractivity contribution in [1.82, 2.24) is 20.1 Å². The molecule has 0 aliphatic carbocycles. The van der Waals surface area contributed by atoms with Crippen molar-refractivity contribution in [2.75, 3.05) is 25.3 Å². The number of nitrogens with one attached hydrogen (secondary N) is 4. The molecule has 4 aromatic rings. The lowest BCUT2D eigenvalue weighted by Crippen LogP contribution is -2.17. The number of carbonyl (C=O) groups is 1. The van der Waals surface area contributed by atoms with Gasteiger partial charge in [0, 0.05) is 36.3 Å². The number of ether oxygens (including phenoxy) is 2. The molecule has 0 radical (unpaired) electrons. The van der Waals surface area contributed by atoms with Crippen molar-refractivity contribution in [1.29, 1.82) is 5.41 Å². The zero-order valence-corrected chi connectivity index (χ0v) is 21.9. The number of aromatic nitrogens is 3. The van der Waals surface area contributed by atoms with Crippen molar-refractivity contribution >= 4 is 23.2 Å². The average molecular weight is 550 g/mol. The van der Waals surface area contributed by atoms with Gasteiger partial charge in [-0.25, -0.2) is 9.18 Å². The maximum absolute atomic E-state index is 15.4. The first kappa shape index (κ1) is 27.7. The summed E-state index contributed by atoms with van der Waals surface area (Å²) in [4.78, 5) is 24.6. The summed E-state index contributed by atoms with van der Waals surface area (Å²) >= 11 is 0. The smallest absolute Gasteiger partial charge is 0.348 e. The van der Waals surface area contributed by atoms with Crippen LogP contribution in [0.4, 0.5) is 15.8 Å². The molecule has 0 unspecified atom stereocenters. The fourth-order valence-electron chi connectivity index (χ4n) is 4.22. The van der Waals surface area contributed by atoms with Gasteiger partial charge in [-0.15, -0.1) is 5.10 Å². The third kappa shape index (κ3) is 5.72. The molecule has 2 heterocycles. The molecule has 0 spiro atoms. The quantitative estimate of drug-likeness (QED) is 0.189. The van der Waals surface area contributed by atoms with Crippen LogP contribution < -0.4 is 31.5 Å². The molecule has 3 aromatic carbocycles. The molecule has 1 atom stereocenters. The number of nitrogens with two attached hydrogens (primary N) is 1. The van der Waals surface area contributed by atoms with E-state index in [4.69, 9.17) is 30.5 Å². The number of nitrogen functional groups attached to an aromatic ring is 1. The zero-order chi connectivity index (χ0) is 29.0. The molecule has 5 rings (SSSR count). The Morgan fingerprint density at radius 1 is 1.18 bits per heavy atom. The van der Waals surface area contributed by atoms with Crippen molar-refractivity contribution in [3.63, 3.8) is 0 Å². The highest BCUT2D eigenvalue weighted by atomic mass is 19.1. The highest BCUT2D eigenvalue weighted by molar-refractivity contribution is 6.00. The Kier molecular flexibility index (Phi) is 8.03. The van der Waals surface area contributed by atoms with Crippen molar-refractivity contribution in [2.24, 2.45) is 0 Å². The SMILES string of the molecule is CC(=O)O.COc1cc(F)c([C@H](Nc2ccc3c(c2)CNC3=N)c2nn(-c3ccccc3N)c(=O)[nH]2)cc1OC. The molecule has 0 bridgehead atoms. The van der Waals surface area contributed by atoms with Crippen LogP contribution in [0.25, 0.3) is 5.69 Å². The molecule has 1 aromatic heterocycles. The van der Waals surface area contributed by atoms with Gasteiger partial charge >= 0.3 is 5.69 Å². The number of halogens is 1. The van der Waals surface area contributed by atoms with Crippen LogP contribution in [0.5, 0.6) is 11.5 Å². The highest BCUT2D eigenvalue weighted by Crippen LogP contribution is 2.36. The minimum atomic E-state index is -0.907. The summed E-state index contributed by atoms with van der Waals surface area (Å²) in [6.45, 7) is 1.60. The van der Waals surface area contributed by atoms with Crippen LogP contribution in [-0.2, 0) is 11.3 Å². The first-order valence-corrected chi connectivity index (χ1v) is 12.0. The maximum atomic E-state index is 15.4. The van der Waals surface area contributed by atoms with Crippen molar-refractivity contribution in [3.8, 4) is 17.2 Å². The van der Waals surface area contributed by atoms with Crippen molar-refractivity contribution in [3.05, 3.63) is 93.4 Å². The van der Waals surface area contributed by atoms with E-state index in [0.29, 0.717) is 35.2 Å². The molecule has 40 heavy (non-hydrogen) atoms. The van der Waals surface area contributed by atoms with Gasteiger partial charge in [-0.1, -0.05) is 12.1 Å². The summed E-state index contributed by atoms with van der Waals surface area (Å²) < 4.78 is 27.2. The van der Waals surface area contributed by atoms with E-state index in [1.165, 1.54) is 26.4 Å². The Morgan fingerprint density at radius 3 is 2.52 bits per heavy atom. The summed E-state index contributed by atoms with van der Waals surface area (Å²) in [5.74, 6) is -0.343. The number of aliphatic carboxylic acids is 1. The van der Waals surface area contributed by atoms with E-state index >= 15 is 4.39 Å². The number of H-pyrrole nitrogens is 1. The second kappa shape index (κ2) is 11.6. The zero-order valence-electron chi connectivity index (χ0n) is 21.9. The Bertz CT molecular complexity index is 1630. The lowest BCUT2D eigenvalue weighted by molar-refractivity contribution is -0.134. The van der Waals surface area contributed by atoms with E-state index in [2.05, 4.69) is 20.7 Å². The van der Waals surface area contributed by atoms with Crippen molar-refractivity contribution < 1.29 is 23.8 Å². The molecule has 12 nitrogen and oxygen atoms in total. The number of amidine groups is 1. The minimum Gasteiger partial charge on any atom is -0.493 e. The van der Waals surface area contributed by atoms with Gasteiger partial charge in [-0.05, 0) is 42.0 Å². The Balaban J connectivity index is 0.000000867. The van der Waals surface area contributed by atoms with Gasteiger partial charge in [0.1, 0.15) is 17.7 Å². The topological polar surface area (TPSA) is 180 Å². The number of para-hydroxylation sites is 2. The lowest BCUT2D eigenvalue weighted by atomic mass is 10.0. The third-order valence-corrected chi connectivity index (χ3v) is 6.03. The predicted octanol–water partition coefficient (Wildman–Crippen LogP) is 3.02. The van der Waals surface area contributed by atoms with Crippen LogP contribution in [0.15, 0.2) is 59.4 Å². The van der Waals surface area contributed by atoms with Crippen LogP contribution in [0.1, 0.15) is 35.5 Å². The molecular formula is C27H28FN7O5. The summed E-state index contributed by atoms with van der Waals surface area (Å²) in [5.41, 5.74) is 8.86. The van der Waals surface area contributed by atoms with E-state index in [-0.39, 0.29) is 17.1 Å². The first-order chi connectivity index (χ1) is 19.1. The Morgan fingerprint density at radius 2 is 1.85 bits per heavy atom. The molecule has 208 valence electrons. The molecular weight excluding hydrogens is 521 g/mol. The second-order valence-corrected chi connectivity index (χ2v) is 8.71. The number of nitrogens with zero attached hydrogens (tertiary/aromatic N) is 2. The molecule has 1 aliphatic heterocycles. The number of carboxylic acid groups (broad SMARTS) is 1. The van der Waals surface area contributed by atoms with Crippen LogP contribution in [0.3, 0.4) is 0 Å². The average Bonchev–Trinajstić information content (AvgIpc) is 3.49. The van der Waals surface area contributed by atoms with Gasteiger partial charge < -0.3 is 30.9 Å². The second-order valence-electron chi connectivity index (χ2n) is 8.71. The molecule has 7 N–H and O–H groups in total. The van der Waals surface area contributed by atoms with Gasteiger partial charge in [0.05, 0.1) is 25.6 Å². The minimum absolute atomic E-state index is 0.167. The van der Waals surface area contributed by atoms with E-state index in [0.717, 1.165) is 22.7 Å². The molecule has 1 aliphatic rings. The highest BCUT2D eigenvalue weighted by Gasteiger charge is 2.26. The Labute approximate surface area is 228 Å². The monoisotopic (exact) mass is 549 g/mol. The number of anilines is 2. The van der Waals surface area contributed by atoms with Crippen LogP contribution >= 0.6 is 0 Å². The molecule has 0 saturated carbocycles. The van der Waals surface area contributed by atoms with Crippen LogP contribution in [0, 0.1) is 11.2 Å². The van der Waals surface area contributed by atoms with Crippen LogP contribution in [-0.4, -0.2) is 45.9 Å².